The first kappa shape index (κ1) is 10.6. The zero-order chi connectivity index (χ0) is 11.4. The summed E-state index contributed by atoms with van der Waals surface area (Å²) >= 11 is 0. The van der Waals surface area contributed by atoms with Crippen LogP contribution >= 0.6 is 0 Å². The minimum absolute atomic E-state index is 0.0561. The van der Waals surface area contributed by atoms with Crippen molar-refractivity contribution in [1.29, 1.82) is 0 Å². The first-order valence-corrected chi connectivity index (χ1v) is 5.23. The fraction of sp³-hybridized carbons (Fsp3) is 0.364. The molecule has 2 heterocycles. The Morgan fingerprint density at radius 3 is 3.12 bits per heavy atom. The molecule has 1 aliphatic rings. The van der Waals surface area contributed by atoms with Crippen LogP contribution in [0.1, 0.15) is 23.2 Å². The SMILES string of the molecule is O=C1CCC(CNC(=O)c2cccnc2)N1. The molecule has 1 atom stereocenters. The van der Waals surface area contributed by atoms with Crippen LogP contribution in [0.2, 0.25) is 0 Å². The third-order valence-electron chi connectivity index (χ3n) is 2.52. The molecule has 0 spiro atoms. The predicted molar refractivity (Wildman–Crippen MR) is 57.7 cm³/mol. The van der Waals surface area contributed by atoms with E-state index in [0.717, 1.165) is 6.42 Å². The van der Waals surface area contributed by atoms with Crippen LogP contribution in [0.3, 0.4) is 0 Å². The van der Waals surface area contributed by atoms with Crippen LogP contribution in [0.4, 0.5) is 0 Å². The topological polar surface area (TPSA) is 71.1 Å². The van der Waals surface area contributed by atoms with Crippen molar-refractivity contribution in [3.8, 4) is 0 Å². The van der Waals surface area contributed by atoms with Gasteiger partial charge in [-0.25, -0.2) is 0 Å². The molecule has 0 radical (unpaired) electrons. The Kier molecular flexibility index (Phi) is 3.14. The Labute approximate surface area is 93.3 Å². The molecule has 0 saturated carbocycles. The lowest BCUT2D eigenvalue weighted by atomic mass is 10.2. The van der Waals surface area contributed by atoms with Gasteiger partial charge in [0.25, 0.3) is 5.91 Å². The summed E-state index contributed by atoms with van der Waals surface area (Å²) in [5.74, 6) is -0.102. The van der Waals surface area contributed by atoms with Gasteiger partial charge in [-0.3, -0.25) is 14.6 Å². The zero-order valence-corrected chi connectivity index (χ0v) is 8.77. The Bertz CT molecular complexity index is 391. The molecule has 2 rings (SSSR count). The summed E-state index contributed by atoms with van der Waals surface area (Å²) in [6.07, 6.45) is 4.47. The molecular formula is C11H13N3O2. The van der Waals surface area contributed by atoms with E-state index in [0.29, 0.717) is 18.5 Å². The van der Waals surface area contributed by atoms with Crippen molar-refractivity contribution in [3.63, 3.8) is 0 Å². The summed E-state index contributed by atoms with van der Waals surface area (Å²) in [6.45, 7) is 0.472. The second-order valence-corrected chi connectivity index (χ2v) is 3.75. The van der Waals surface area contributed by atoms with Gasteiger partial charge in [-0.15, -0.1) is 0 Å². The van der Waals surface area contributed by atoms with E-state index in [9.17, 15) is 9.59 Å². The maximum Gasteiger partial charge on any atom is 0.252 e. The van der Waals surface area contributed by atoms with E-state index in [1.165, 1.54) is 6.20 Å². The van der Waals surface area contributed by atoms with Gasteiger partial charge in [0.15, 0.2) is 0 Å². The maximum atomic E-state index is 11.6. The van der Waals surface area contributed by atoms with Gasteiger partial charge in [0.1, 0.15) is 0 Å². The highest BCUT2D eigenvalue weighted by Gasteiger charge is 2.20. The van der Waals surface area contributed by atoms with Crippen LogP contribution in [0.25, 0.3) is 0 Å². The molecule has 5 nitrogen and oxygen atoms in total. The molecule has 0 bridgehead atoms. The third-order valence-corrected chi connectivity index (χ3v) is 2.52. The monoisotopic (exact) mass is 219 g/mol. The second kappa shape index (κ2) is 4.74. The smallest absolute Gasteiger partial charge is 0.252 e. The normalized spacial score (nSPS) is 19.2. The van der Waals surface area contributed by atoms with Gasteiger partial charge in [-0.05, 0) is 18.6 Å². The van der Waals surface area contributed by atoms with Crippen LogP contribution in [-0.4, -0.2) is 29.4 Å². The molecule has 0 aliphatic carbocycles. The summed E-state index contributed by atoms with van der Waals surface area (Å²) in [4.78, 5) is 26.4. The number of carbonyl (C=O) groups excluding carboxylic acids is 2. The molecule has 16 heavy (non-hydrogen) atoms. The van der Waals surface area contributed by atoms with Gasteiger partial charge in [0.05, 0.1) is 5.56 Å². The van der Waals surface area contributed by atoms with Crippen molar-refractivity contribution in [3.05, 3.63) is 30.1 Å². The summed E-state index contributed by atoms with van der Waals surface area (Å²) in [5, 5.41) is 5.56. The zero-order valence-electron chi connectivity index (χ0n) is 8.77. The van der Waals surface area contributed by atoms with E-state index in [2.05, 4.69) is 15.6 Å². The third kappa shape index (κ3) is 2.56. The number of nitrogens with zero attached hydrogens (tertiary/aromatic N) is 1. The highest BCUT2D eigenvalue weighted by molar-refractivity contribution is 5.93. The second-order valence-electron chi connectivity index (χ2n) is 3.75. The minimum Gasteiger partial charge on any atom is -0.352 e. The van der Waals surface area contributed by atoms with E-state index >= 15 is 0 Å². The van der Waals surface area contributed by atoms with Crippen molar-refractivity contribution >= 4 is 11.8 Å². The largest absolute Gasteiger partial charge is 0.352 e. The van der Waals surface area contributed by atoms with Gasteiger partial charge < -0.3 is 10.6 Å². The number of hydrogen-bond acceptors (Lipinski definition) is 3. The van der Waals surface area contributed by atoms with E-state index in [-0.39, 0.29) is 17.9 Å². The number of aromatic nitrogens is 1. The molecule has 84 valence electrons. The number of rotatable bonds is 3. The fourth-order valence-electron chi connectivity index (χ4n) is 1.65. The standard InChI is InChI=1S/C11H13N3O2/c15-10-4-3-9(14-10)7-13-11(16)8-2-1-5-12-6-8/h1-2,5-6,9H,3-4,7H2,(H,13,16)(H,14,15). The quantitative estimate of drug-likeness (QED) is 0.756. The first-order chi connectivity index (χ1) is 7.75. The molecule has 1 unspecified atom stereocenters. The summed E-state index contributed by atoms with van der Waals surface area (Å²) in [7, 11) is 0. The number of nitrogens with one attached hydrogen (secondary N) is 2. The summed E-state index contributed by atoms with van der Waals surface area (Å²) in [5.41, 5.74) is 0.534. The van der Waals surface area contributed by atoms with Gasteiger partial charge in [0, 0.05) is 31.4 Å². The molecule has 5 heteroatoms. The van der Waals surface area contributed by atoms with Crippen molar-refractivity contribution in [2.24, 2.45) is 0 Å². The van der Waals surface area contributed by atoms with Crippen LogP contribution < -0.4 is 10.6 Å². The lowest BCUT2D eigenvalue weighted by molar-refractivity contribution is -0.119. The van der Waals surface area contributed by atoms with Gasteiger partial charge >= 0.3 is 0 Å². The number of hydrogen-bond donors (Lipinski definition) is 2. The highest BCUT2D eigenvalue weighted by Crippen LogP contribution is 2.05. The summed E-state index contributed by atoms with van der Waals surface area (Å²) < 4.78 is 0. The van der Waals surface area contributed by atoms with E-state index in [4.69, 9.17) is 0 Å². The first-order valence-electron chi connectivity index (χ1n) is 5.23. The Hall–Kier alpha value is -1.91. The average Bonchev–Trinajstić information content (AvgIpc) is 2.73. The molecule has 1 aliphatic heterocycles. The van der Waals surface area contributed by atoms with Gasteiger partial charge in [0.2, 0.25) is 5.91 Å². The highest BCUT2D eigenvalue weighted by atomic mass is 16.2. The van der Waals surface area contributed by atoms with E-state index in [1.807, 2.05) is 0 Å². The number of amides is 2. The Morgan fingerprint density at radius 1 is 1.62 bits per heavy atom. The average molecular weight is 219 g/mol. The van der Waals surface area contributed by atoms with E-state index in [1.54, 1.807) is 18.3 Å². The molecule has 2 N–H and O–H groups in total. The number of carbonyl (C=O) groups is 2. The summed E-state index contributed by atoms with van der Waals surface area (Å²) in [6, 6.07) is 3.48. The molecule has 0 aromatic carbocycles. The lowest BCUT2D eigenvalue weighted by Crippen LogP contribution is -2.38. The van der Waals surface area contributed by atoms with Crippen LogP contribution in [0.5, 0.6) is 0 Å². The van der Waals surface area contributed by atoms with Crippen LogP contribution in [-0.2, 0) is 4.79 Å². The van der Waals surface area contributed by atoms with Gasteiger partial charge in [-0.1, -0.05) is 0 Å². The maximum absolute atomic E-state index is 11.6. The molecule has 1 fully saturated rings. The molecule has 1 aromatic heterocycles. The molecule has 2 amide bonds. The Morgan fingerprint density at radius 2 is 2.50 bits per heavy atom. The Balaban J connectivity index is 1.82. The van der Waals surface area contributed by atoms with E-state index < -0.39 is 0 Å². The molecule has 1 saturated heterocycles. The predicted octanol–water partition coefficient (Wildman–Crippen LogP) is 0.0900. The van der Waals surface area contributed by atoms with Crippen molar-refractivity contribution in [2.45, 2.75) is 18.9 Å². The van der Waals surface area contributed by atoms with Crippen molar-refractivity contribution < 1.29 is 9.59 Å². The van der Waals surface area contributed by atoms with Crippen molar-refractivity contribution in [1.82, 2.24) is 15.6 Å². The molecular weight excluding hydrogens is 206 g/mol. The minimum atomic E-state index is -0.158. The van der Waals surface area contributed by atoms with Crippen LogP contribution in [0.15, 0.2) is 24.5 Å². The van der Waals surface area contributed by atoms with Crippen LogP contribution in [0, 0.1) is 0 Å². The van der Waals surface area contributed by atoms with Crippen molar-refractivity contribution in [2.75, 3.05) is 6.54 Å². The number of pyridine rings is 1. The van der Waals surface area contributed by atoms with Gasteiger partial charge in [-0.2, -0.15) is 0 Å². The fourth-order valence-corrected chi connectivity index (χ4v) is 1.65. The lowest BCUT2D eigenvalue weighted by Gasteiger charge is -2.10. The molecule has 1 aromatic rings.